The number of rotatable bonds is 11. The van der Waals surface area contributed by atoms with E-state index in [-0.39, 0.29) is 0 Å². The molecule has 0 unspecified atom stereocenters. The largest absolute Gasteiger partial charge is 0.395 e. The molecule has 22 heavy (non-hydrogen) atoms. The van der Waals surface area contributed by atoms with Crippen molar-refractivity contribution in [1.82, 2.24) is 0 Å². The molecule has 1 aromatic rings. The minimum Gasteiger partial charge on any atom is -0.395 e. The molecule has 0 atom stereocenters. The predicted molar refractivity (Wildman–Crippen MR) is 88.2 cm³/mol. The zero-order valence-corrected chi connectivity index (χ0v) is 15.0. The van der Waals surface area contributed by atoms with Crippen molar-refractivity contribution < 1.29 is 17.6 Å². The molecule has 1 aromatic carbocycles. The standard InChI is InChI=1S/C17H28F2O2Si/c1-4-20-22(3,21-5-2)13-9-7-6-8-10-15-11-12-16(18)14-17(15)19/h11-12,14H,4-10,13H2,1-3H3. The molecule has 0 saturated heterocycles. The van der Waals surface area contributed by atoms with Gasteiger partial charge in [-0.05, 0) is 50.9 Å². The van der Waals surface area contributed by atoms with Crippen LogP contribution in [0.15, 0.2) is 18.2 Å². The molecule has 0 amide bonds. The first kappa shape index (κ1) is 19.3. The van der Waals surface area contributed by atoms with E-state index in [1.807, 2.05) is 13.8 Å². The fourth-order valence-electron chi connectivity index (χ4n) is 2.64. The lowest BCUT2D eigenvalue weighted by molar-refractivity contribution is 0.188. The van der Waals surface area contributed by atoms with Gasteiger partial charge in [-0.1, -0.05) is 25.3 Å². The van der Waals surface area contributed by atoms with Crippen LogP contribution in [-0.2, 0) is 15.3 Å². The molecule has 0 aliphatic heterocycles. The molecule has 0 aliphatic carbocycles. The highest BCUT2D eigenvalue weighted by molar-refractivity contribution is 6.66. The van der Waals surface area contributed by atoms with Crippen molar-refractivity contribution in [3.8, 4) is 0 Å². The second kappa shape index (κ2) is 10.1. The van der Waals surface area contributed by atoms with Crippen LogP contribution in [0.5, 0.6) is 0 Å². The highest BCUT2D eigenvalue weighted by Gasteiger charge is 2.29. The Kier molecular flexibility index (Phi) is 8.83. The van der Waals surface area contributed by atoms with Crippen LogP contribution in [0.25, 0.3) is 0 Å². The zero-order valence-electron chi connectivity index (χ0n) is 14.0. The van der Waals surface area contributed by atoms with Gasteiger partial charge in [-0.2, -0.15) is 0 Å². The van der Waals surface area contributed by atoms with E-state index in [0.29, 0.717) is 25.2 Å². The Balaban J connectivity index is 2.22. The van der Waals surface area contributed by atoms with Gasteiger partial charge in [-0.15, -0.1) is 0 Å². The van der Waals surface area contributed by atoms with E-state index in [4.69, 9.17) is 8.85 Å². The van der Waals surface area contributed by atoms with Gasteiger partial charge in [0, 0.05) is 19.3 Å². The first-order valence-electron chi connectivity index (χ1n) is 8.22. The van der Waals surface area contributed by atoms with Gasteiger partial charge >= 0.3 is 8.56 Å². The number of halogens is 2. The molecular weight excluding hydrogens is 302 g/mol. The lowest BCUT2D eigenvalue weighted by atomic mass is 10.1. The van der Waals surface area contributed by atoms with Crippen LogP contribution in [0.4, 0.5) is 8.78 Å². The Morgan fingerprint density at radius 2 is 1.59 bits per heavy atom. The van der Waals surface area contributed by atoms with Crippen molar-refractivity contribution in [2.75, 3.05) is 13.2 Å². The Morgan fingerprint density at radius 1 is 0.955 bits per heavy atom. The number of hydrogen-bond acceptors (Lipinski definition) is 2. The second-order valence-corrected chi connectivity index (χ2v) is 8.99. The van der Waals surface area contributed by atoms with E-state index >= 15 is 0 Å². The van der Waals surface area contributed by atoms with Gasteiger partial charge in [0.1, 0.15) is 11.6 Å². The summed E-state index contributed by atoms with van der Waals surface area (Å²) in [7, 11) is -1.99. The summed E-state index contributed by atoms with van der Waals surface area (Å²) in [5, 5.41) is 0. The third-order valence-corrected chi connectivity index (χ3v) is 6.80. The summed E-state index contributed by atoms with van der Waals surface area (Å²) < 4.78 is 37.9. The molecule has 0 heterocycles. The summed E-state index contributed by atoms with van der Waals surface area (Å²) >= 11 is 0. The number of aryl methyl sites for hydroxylation is 1. The first-order valence-corrected chi connectivity index (χ1v) is 10.7. The minimum atomic E-state index is -1.99. The maximum absolute atomic E-state index is 13.5. The highest BCUT2D eigenvalue weighted by atomic mass is 28.4. The molecule has 2 nitrogen and oxygen atoms in total. The maximum Gasteiger partial charge on any atom is 0.334 e. The third-order valence-electron chi connectivity index (χ3n) is 3.74. The molecule has 0 bridgehead atoms. The molecule has 5 heteroatoms. The van der Waals surface area contributed by atoms with Crippen LogP contribution in [0, 0.1) is 11.6 Å². The van der Waals surface area contributed by atoms with Crippen molar-refractivity contribution >= 4 is 8.56 Å². The molecule has 0 spiro atoms. The second-order valence-electron chi connectivity index (χ2n) is 5.65. The summed E-state index contributed by atoms with van der Waals surface area (Å²) in [4.78, 5) is 0. The normalized spacial score (nSPS) is 11.9. The average Bonchev–Trinajstić information content (AvgIpc) is 2.45. The number of unbranched alkanes of at least 4 members (excludes halogenated alkanes) is 3. The summed E-state index contributed by atoms with van der Waals surface area (Å²) in [6.07, 6.45) is 4.79. The smallest absolute Gasteiger partial charge is 0.334 e. The molecule has 0 aliphatic rings. The quantitative estimate of drug-likeness (QED) is 0.409. The van der Waals surface area contributed by atoms with Gasteiger partial charge in [0.05, 0.1) is 0 Å². The summed E-state index contributed by atoms with van der Waals surface area (Å²) in [5.41, 5.74) is 0.601. The Labute approximate surface area is 134 Å². The Morgan fingerprint density at radius 3 is 2.18 bits per heavy atom. The molecule has 126 valence electrons. The van der Waals surface area contributed by atoms with Gasteiger partial charge in [0.25, 0.3) is 0 Å². The van der Waals surface area contributed by atoms with Gasteiger partial charge in [0.15, 0.2) is 0 Å². The number of benzene rings is 1. The van der Waals surface area contributed by atoms with Crippen molar-refractivity contribution in [3.63, 3.8) is 0 Å². The Bertz CT molecular complexity index is 435. The molecule has 0 radical (unpaired) electrons. The zero-order chi connectivity index (χ0) is 16.4. The lowest BCUT2D eigenvalue weighted by Crippen LogP contribution is -2.38. The lowest BCUT2D eigenvalue weighted by Gasteiger charge is -2.25. The fourth-order valence-corrected chi connectivity index (χ4v) is 5.12. The van der Waals surface area contributed by atoms with Crippen molar-refractivity contribution in [3.05, 3.63) is 35.4 Å². The van der Waals surface area contributed by atoms with E-state index in [9.17, 15) is 8.78 Å². The van der Waals surface area contributed by atoms with Crippen LogP contribution >= 0.6 is 0 Å². The van der Waals surface area contributed by atoms with Gasteiger partial charge in [0.2, 0.25) is 0 Å². The SMILES string of the molecule is CCO[Si](C)(CCCCCCc1ccc(F)cc1F)OCC. The fraction of sp³-hybridized carbons (Fsp3) is 0.647. The number of hydrogen-bond donors (Lipinski definition) is 0. The van der Waals surface area contributed by atoms with E-state index in [1.165, 1.54) is 6.07 Å². The van der Waals surface area contributed by atoms with Gasteiger partial charge in [-0.3, -0.25) is 0 Å². The molecule has 0 aromatic heterocycles. The molecule has 0 fully saturated rings. The maximum atomic E-state index is 13.5. The van der Waals surface area contributed by atoms with Crippen molar-refractivity contribution in [2.45, 2.75) is 58.5 Å². The van der Waals surface area contributed by atoms with Crippen molar-refractivity contribution in [1.29, 1.82) is 0 Å². The van der Waals surface area contributed by atoms with Crippen LogP contribution in [0.3, 0.4) is 0 Å². The Hall–Kier alpha value is -0.783. The van der Waals surface area contributed by atoms with E-state index in [1.54, 1.807) is 6.07 Å². The van der Waals surface area contributed by atoms with Gasteiger partial charge in [-0.25, -0.2) is 8.78 Å². The highest BCUT2D eigenvalue weighted by Crippen LogP contribution is 2.19. The predicted octanol–water partition coefficient (Wildman–Crippen LogP) is 5.21. The topological polar surface area (TPSA) is 18.5 Å². The van der Waals surface area contributed by atoms with Crippen LogP contribution in [-0.4, -0.2) is 21.8 Å². The molecular formula is C17H28F2O2Si. The van der Waals surface area contributed by atoms with Crippen LogP contribution in [0.1, 0.15) is 45.1 Å². The summed E-state index contributed by atoms with van der Waals surface area (Å²) in [5.74, 6) is -0.954. The monoisotopic (exact) mass is 330 g/mol. The minimum absolute atomic E-state index is 0.437. The molecule has 0 N–H and O–H groups in total. The van der Waals surface area contributed by atoms with E-state index in [2.05, 4.69) is 6.55 Å². The first-order chi connectivity index (χ1) is 10.5. The third kappa shape index (κ3) is 6.98. The van der Waals surface area contributed by atoms with Crippen LogP contribution < -0.4 is 0 Å². The van der Waals surface area contributed by atoms with Crippen molar-refractivity contribution in [2.24, 2.45) is 0 Å². The van der Waals surface area contributed by atoms with E-state index in [0.717, 1.165) is 37.8 Å². The van der Waals surface area contributed by atoms with Crippen LogP contribution in [0.2, 0.25) is 12.6 Å². The molecule has 0 saturated carbocycles. The van der Waals surface area contributed by atoms with Gasteiger partial charge < -0.3 is 8.85 Å². The summed E-state index contributed by atoms with van der Waals surface area (Å²) in [6.45, 7) is 7.52. The molecule has 1 rings (SSSR count). The van der Waals surface area contributed by atoms with E-state index < -0.39 is 20.2 Å². The summed E-state index contributed by atoms with van der Waals surface area (Å²) in [6, 6.07) is 4.81. The average molecular weight is 330 g/mol.